The maximum Gasteiger partial charge on any atom is 0.451 e. The molecular weight excluding hydrogens is 181 g/mol. The lowest BCUT2D eigenvalue weighted by molar-refractivity contribution is -0.0594. The molecule has 0 aromatic heterocycles. The zero-order chi connectivity index (χ0) is 9.47. The van der Waals surface area contributed by atoms with Crippen LogP contribution in [-0.2, 0) is 0 Å². The maximum absolute atomic E-state index is 12.1. The van der Waals surface area contributed by atoms with Crippen LogP contribution >= 0.6 is 0 Å². The molecule has 0 unspecified atom stereocenters. The number of amidine groups is 1. The molecule has 0 saturated carbocycles. The first-order chi connectivity index (χ1) is 6.07. The smallest absolute Gasteiger partial charge is 0.223 e. The lowest BCUT2D eigenvalue weighted by atomic mass is 10.1. The van der Waals surface area contributed by atoms with Gasteiger partial charge < -0.3 is 0 Å². The van der Waals surface area contributed by atoms with Crippen molar-refractivity contribution >= 4 is 11.5 Å². The van der Waals surface area contributed by atoms with Crippen molar-refractivity contribution in [2.75, 3.05) is 0 Å². The second kappa shape index (κ2) is 2.55. The zero-order valence-electron chi connectivity index (χ0n) is 6.47. The Kier molecular flexibility index (Phi) is 1.61. The number of alkyl halides is 3. The third-order valence-electron chi connectivity index (χ3n) is 1.69. The lowest BCUT2D eigenvalue weighted by Crippen LogP contribution is -2.19. The van der Waals surface area contributed by atoms with Crippen molar-refractivity contribution in [1.82, 2.24) is 0 Å². The topological polar surface area (TPSA) is 24.7 Å². The van der Waals surface area contributed by atoms with Gasteiger partial charge in [-0.3, -0.25) is 0 Å². The van der Waals surface area contributed by atoms with Crippen LogP contribution in [0.5, 0.6) is 0 Å². The van der Waals surface area contributed by atoms with Crippen molar-refractivity contribution in [3.63, 3.8) is 0 Å². The first-order valence-corrected chi connectivity index (χ1v) is 3.69. The molecule has 2 aliphatic rings. The second-order valence-electron chi connectivity index (χ2n) is 2.66. The van der Waals surface area contributed by atoms with E-state index in [1.165, 1.54) is 0 Å². The van der Waals surface area contributed by atoms with Crippen LogP contribution in [0.3, 0.4) is 0 Å². The summed E-state index contributed by atoms with van der Waals surface area (Å²) in [5.41, 5.74) is 0.633. The first-order valence-electron chi connectivity index (χ1n) is 3.69. The molecule has 0 aromatic rings. The van der Waals surface area contributed by atoms with Crippen molar-refractivity contribution in [2.45, 2.75) is 12.6 Å². The van der Waals surface area contributed by atoms with Crippen molar-refractivity contribution < 1.29 is 13.2 Å². The van der Waals surface area contributed by atoms with Crippen LogP contribution in [0.1, 0.15) is 6.42 Å². The Morgan fingerprint density at radius 3 is 2.62 bits per heavy atom. The average molecular weight is 186 g/mol. The van der Waals surface area contributed by atoms with Gasteiger partial charge in [-0.15, -0.1) is 0 Å². The fraction of sp³-hybridized carbons (Fsp3) is 0.250. The van der Waals surface area contributed by atoms with E-state index in [1.807, 2.05) is 0 Å². The monoisotopic (exact) mass is 186 g/mol. The zero-order valence-corrected chi connectivity index (χ0v) is 6.47. The molecule has 2 nitrogen and oxygen atoms in total. The van der Waals surface area contributed by atoms with E-state index in [1.54, 1.807) is 18.2 Å². The lowest BCUT2D eigenvalue weighted by Gasteiger charge is -1.99. The molecule has 1 aliphatic carbocycles. The fourth-order valence-electron chi connectivity index (χ4n) is 1.13. The van der Waals surface area contributed by atoms with Gasteiger partial charge in [0.25, 0.3) is 0 Å². The van der Waals surface area contributed by atoms with E-state index < -0.39 is 12.0 Å². The van der Waals surface area contributed by atoms with Crippen LogP contribution < -0.4 is 0 Å². The predicted molar refractivity (Wildman–Crippen MR) is 42.8 cm³/mol. The molecule has 0 atom stereocenters. The SMILES string of the molecule is FC(F)(F)C1=NC2=CCC=CC2=N1. The number of allylic oxidation sites excluding steroid dienone is 3. The summed E-state index contributed by atoms with van der Waals surface area (Å²) < 4.78 is 36.3. The Morgan fingerprint density at radius 2 is 2.00 bits per heavy atom. The van der Waals surface area contributed by atoms with Gasteiger partial charge in [0.05, 0.1) is 11.4 Å². The molecule has 0 saturated heterocycles. The normalized spacial score (nSPS) is 20.7. The number of nitrogens with zero attached hydrogens (tertiary/aromatic N) is 2. The summed E-state index contributed by atoms with van der Waals surface area (Å²) in [6.45, 7) is 0. The Morgan fingerprint density at radius 1 is 1.23 bits per heavy atom. The van der Waals surface area contributed by atoms with Crippen molar-refractivity contribution in [3.8, 4) is 0 Å². The molecule has 0 aromatic carbocycles. The van der Waals surface area contributed by atoms with Crippen LogP contribution in [0.2, 0.25) is 0 Å². The molecule has 68 valence electrons. The van der Waals surface area contributed by atoms with Crippen molar-refractivity contribution in [2.24, 2.45) is 9.98 Å². The van der Waals surface area contributed by atoms with Gasteiger partial charge in [0.15, 0.2) is 0 Å². The largest absolute Gasteiger partial charge is 0.451 e. The van der Waals surface area contributed by atoms with E-state index in [9.17, 15) is 13.2 Å². The standard InChI is InChI=1S/C8H5F3N2/c9-8(10,11)7-12-5-3-1-2-4-6(5)13-7/h1,3-4H,2H2. The molecule has 1 aliphatic heterocycles. The van der Waals surface area contributed by atoms with Crippen LogP contribution in [-0.4, -0.2) is 17.7 Å². The van der Waals surface area contributed by atoms with E-state index in [-0.39, 0.29) is 0 Å². The molecule has 0 fully saturated rings. The van der Waals surface area contributed by atoms with Gasteiger partial charge in [-0.2, -0.15) is 13.2 Å². The Labute approximate surface area is 72.2 Å². The summed E-state index contributed by atoms with van der Waals surface area (Å²) in [5.74, 6) is -1.06. The van der Waals surface area contributed by atoms with Crippen molar-refractivity contribution in [3.05, 3.63) is 23.9 Å². The summed E-state index contributed by atoms with van der Waals surface area (Å²) in [7, 11) is 0. The van der Waals surface area contributed by atoms with Gasteiger partial charge in [0, 0.05) is 0 Å². The summed E-state index contributed by atoms with van der Waals surface area (Å²) in [6, 6.07) is 0. The Bertz CT molecular complexity index is 358. The van der Waals surface area contributed by atoms with Gasteiger partial charge in [-0.25, -0.2) is 9.98 Å². The minimum atomic E-state index is -4.45. The van der Waals surface area contributed by atoms with Crippen LogP contribution in [0.25, 0.3) is 0 Å². The number of fused-ring (bicyclic) bond motifs is 1. The predicted octanol–water partition coefficient (Wildman–Crippen LogP) is 2.25. The van der Waals surface area contributed by atoms with E-state index in [0.717, 1.165) is 0 Å². The summed E-state index contributed by atoms with van der Waals surface area (Å²) >= 11 is 0. The minimum Gasteiger partial charge on any atom is -0.223 e. The molecule has 0 N–H and O–H groups in total. The summed E-state index contributed by atoms with van der Waals surface area (Å²) in [5, 5.41) is 0. The molecular formula is C8H5F3N2. The Balaban J connectivity index is 2.38. The highest BCUT2D eigenvalue weighted by Gasteiger charge is 2.39. The molecule has 1 heterocycles. The molecule has 0 bridgehead atoms. The van der Waals surface area contributed by atoms with E-state index in [4.69, 9.17) is 0 Å². The summed E-state index contributed by atoms with van der Waals surface area (Å²) in [4.78, 5) is 6.75. The third kappa shape index (κ3) is 1.41. The highest BCUT2D eigenvalue weighted by molar-refractivity contribution is 6.19. The molecule has 5 heteroatoms. The third-order valence-corrected chi connectivity index (χ3v) is 1.69. The highest BCUT2D eigenvalue weighted by Crippen LogP contribution is 2.26. The second-order valence-corrected chi connectivity index (χ2v) is 2.66. The summed E-state index contributed by atoms with van der Waals surface area (Å²) in [6.07, 6.45) is 1.09. The van der Waals surface area contributed by atoms with Gasteiger partial charge in [0.1, 0.15) is 0 Å². The van der Waals surface area contributed by atoms with Gasteiger partial charge in [-0.05, 0) is 12.5 Å². The molecule has 0 radical (unpaired) electrons. The minimum absolute atomic E-state index is 0.304. The number of aliphatic imine (C=N–C) groups is 2. The van der Waals surface area contributed by atoms with Gasteiger partial charge in [0.2, 0.25) is 5.84 Å². The van der Waals surface area contributed by atoms with Gasteiger partial charge in [-0.1, -0.05) is 12.2 Å². The van der Waals surface area contributed by atoms with Crippen LogP contribution in [0, 0.1) is 0 Å². The molecule has 13 heavy (non-hydrogen) atoms. The first kappa shape index (κ1) is 8.22. The van der Waals surface area contributed by atoms with Gasteiger partial charge >= 0.3 is 6.18 Å². The number of hydrogen-bond acceptors (Lipinski definition) is 2. The fourth-order valence-corrected chi connectivity index (χ4v) is 1.13. The Hall–Kier alpha value is -1.39. The number of hydrogen-bond donors (Lipinski definition) is 0. The quantitative estimate of drug-likeness (QED) is 0.554. The van der Waals surface area contributed by atoms with Crippen LogP contribution in [0.15, 0.2) is 33.9 Å². The number of rotatable bonds is 0. The molecule has 0 amide bonds. The molecule has 2 rings (SSSR count). The van der Waals surface area contributed by atoms with Crippen molar-refractivity contribution in [1.29, 1.82) is 0 Å². The van der Waals surface area contributed by atoms with E-state index in [0.29, 0.717) is 17.8 Å². The maximum atomic E-state index is 12.1. The number of halogens is 3. The van der Waals surface area contributed by atoms with E-state index in [2.05, 4.69) is 9.98 Å². The van der Waals surface area contributed by atoms with E-state index >= 15 is 0 Å². The highest BCUT2D eigenvalue weighted by atomic mass is 19.4. The van der Waals surface area contributed by atoms with Crippen LogP contribution in [0.4, 0.5) is 13.2 Å². The molecule has 0 spiro atoms. The average Bonchev–Trinajstić information content (AvgIpc) is 2.45.